The van der Waals surface area contributed by atoms with E-state index in [4.69, 9.17) is 9.47 Å². The smallest absolute Gasteiger partial charge is 0.350 e. The Morgan fingerprint density at radius 1 is 0.667 bits per heavy atom. The normalized spacial score (nSPS) is 32.3. The van der Waals surface area contributed by atoms with Crippen molar-refractivity contribution in [3.05, 3.63) is 0 Å². The van der Waals surface area contributed by atoms with E-state index in [0.29, 0.717) is 12.8 Å². The van der Waals surface area contributed by atoms with E-state index >= 15 is 0 Å². The standard InChI is InChI=1S/C28H46O8/c1-15(2)21-11-9-17(5)13-23(21)35-25(31)27(33,19(7)29)28(34,20(8)30)26(32)36-24-14-18(6)10-12-22(24)16(3)4/h15-18,21-24,33-34H,9-14H2,1-8H3. The van der Waals surface area contributed by atoms with Gasteiger partial charge in [0, 0.05) is 0 Å². The first-order valence-corrected chi connectivity index (χ1v) is 13.5. The lowest BCUT2D eigenvalue weighted by molar-refractivity contribution is -0.220. The molecular weight excluding hydrogens is 464 g/mol. The Balaban J connectivity index is 2.42. The maximum atomic E-state index is 13.4. The molecule has 8 nitrogen and oxygen atoms in total. The molecule has 0 saturated heterocycles. The molecule has 0 aromatic carbocycles. The van der Waals surface area contributed by atoms with Crippen molar-refractivity contribution in [3.8, 4) is 0 Å². The Hall–Kier alpha value is -1.80. The molecule has 2 aliphatic rings. The molecule has 0 amide bonds. The zero-order chi connectivity index (χ0) is 27.6. The molecule has 36 heavy (non-hydrogen) atoms. The van der Waals surface area contributed by atoms with Gasteiger partial charge in [0.2, 0.25) is 0 Å². The van der Waals surface area contributed by atoms with Crippen molar-refractivity contribution < 1.29 is 38.9 Å². The summed E-state index contributed by atoms with van der Waals surface area (Å²) in [6.07, 6.45) is 3.29. The number of esters is 2. The molecule has 2 fully saturated rings. The second-order valence-corrected chi connectivity index (χ2v) is 12.1. The van der Waals surface area contributed by atoms with Crippen LogP contribution in [-0.4, -0.2) is 57.1 Å². The van der Waals surface area contributed by atoms with Crippen LogP contribution in [0.25, 0.3) is 0 Å². The molecule has 0 heterocycles. The number of hydrogen-bond donors (Lipinski definition) is 2. The van der Waals surface area contributed by atoms with Gasteiger partial charge in [0.15, 0.2) is 11.6 Å². The molecule has 0 radical (unpaired) electrons. The summed E-state index contributed by atoms with van der Waals surface area (Å²) >= 11 is 0. The van der Waals surface area contributed by atoms with Gasteiger partial charge in [0.25, 0.3) is 11.2 Å². The summed E-state index contributed by atoms with van der Waals surface area (Å²) in [7, 11) is 0. The summed E-state index contributed by atoms with van der Waals surface area (Å²) in [5, 5.41) is 22.8. The van der Waals surface area contributed by atoms with E-state index in [-0.39, 0.29) is 35.5 Å². The fraction of sp³-hybridized carbons (Fsp3) is 0.857. The zero-order valence-electron chi connectivity index (χ0n) is 23.2. The van der Waals surface area contributed by atoms with Crippen LogP contribution in [0.15, 0.2) is 0 Å². The highest BCUT2D eigenvalue weighted by Crippen LogP contribution is 2.39. The van der Waals surface area contributed by atoms with Crippen molar-refractivity contribution in [3.63, 3.8) is 0 Å². The monoisotopic (exact) mass is 510 g/mol. The second kappa shape index (κ2) is 11.7. The topological polar surface area (TPSA) is 127 Å². The average molecular weight is 511 g/mol. The molecule has 0 spiro atoms. The predicted molar refractivity (Wildman–Crippen MR) is 134 cm³/mol. The third-order valence-corrected chi connectivity index (χ3v) is 8.57. The first-order chi connectivity index (χ1) is 16.6. The van der Waals surface area contributed by atoms with Gasteiger partial charge >= 0.3 is 11.9 Å². The van der Waals surface area contributed by atoms with Gasteiger partial charge in [-0.3, -0.25) is 9.59 Å². The van der Waals surface area contributed by atoms with Gasteiger partial charge in [-0.2, -0.15) is 0 Å². The van der Waals surface area contributed by atoms with Crippen LogP contribution in [0.3, 0.4) is 0 Å². The molecule has 2 N–H and O–H groups in total. The van der Waals surface area contributed by atoms with E-state index in [9.17, 15) is 29.4 Å². The molecule has 2 saturated carbocycles. The number of ether oxygens (including phenoxy) is 2. The molecule has 0 aliphatic heterocycles. The van der Waals surface area contributed by atoms with Crippen molar-refractivity contribution in [1.29, 1.82) is 0 Å². The third kappa shape index (κ3) is 5.85. The van der Waals surface area contributed by atoms with E-state index in [1.807, 2.05) is 41.5 Å². The van der Waals surface area contributed by atoms with Crippen LogP contribution in [0.4, 0.5) is 0 Å². The van der Waals surface area contributed by atoms with Crippen LogP contribution < -0.4 is 0 Å². The highest BCUT2D eigenvalue weighted by atomic mass is 16.6. The number of carbonyl (C=O) groups is 4. The molecule has 206 valence electrons. The highest BCUT2D eigenvalue weighted by molar-refractivity contribution is 6.21. The lowest BCUT2D eigenvalue weighted by Gasteiger charge is -2.42. The largest absolute Gasteiger partial charge is 0.459 e. The number of rotatable bonds is 9. The first kappa shape index (κ1) is 30.4. The maximum Gasteiger partial charge on any atom is 0.350 e. The molecule has 0 bridgehead atoms. The quantitative estimate of drug-likeness (QED) is 0.356. The van der Waals surface area contributed by atoms with Crippen LogP contribution in [0.2, 0.25) is 0 Å². The van der Waals surface area contributed by atoms with Gasteiger partial charge in [-0.05, 0) is 75.0 Å². The van der Waals surface area contributed by atoms with Crippen molar-refractivity contribution in [1.82, 2.24) is 0 Å². The van der Waals surface area contributed by atoms with Gasteiger partial charge in [0.05, 0.1) is 0 Å². The zero-order valence-corrected chi connectivity index (χ0v) is 23.2. The van der Waals surface area contributed by atoms with Gasteiger partial charge in [-0.15, -0.1) is 0 Å². The van der Waals surface area contributed by atoms with Gasteiger partial charge in [-0.25, -0.2) is 9.59 Å². The summed E-state index contributed by atoms with van der Waals surface area (Å²) in [6.45, 7) is 13.7. The fourth-order valence-corrected chi connectivity index (χ4v) is 6.04. The van der Waals surface area contributed by atoms with Crippen LogP contribution in [0, 0.1) is 35.5 Å². The number of carbonyl (C=O) groups excluding carboxylic acids is 4. The van der Waals surface area contributed by atoms with E-state index in [0.717, 1.165) is 39.5 Å². The summed E-state index contributed by atoms with van der Waals surface area (Å²) in [4.78, 5) is 52.3. The van der Waals surface area contributed by atoms with Gasteiger partial charge < -0.3 is 19.7 Å². The third-order valence-electron chi connectivity index (χ3n) is 8.57. The predicted octanol–water partition coefficient (Wildman–Crippen LogP) is 3.63. The Labute approximate surface area is 215 Å². The van der Waals surface area contributed by atoms with Gasteiger partial charge in [-0.1, -0.05) is 54.4 Å². The Morgan fingerprint density at radius 3 is 1.22 bits per heavy atom. The highest BCUT2D eigenvalue weighted by Gasteiger charge is 2.69. The molecule has 8 atom stereocenters. The van der Waals surface area contributed by atoms with Crippen LogP contribution in [-0.2, 0) is 28.7 Å². The molecular formula is C28H46O8. The lowest BCUT2D eigenvalue weighted by Crippen LogP contribution is -2.72. The Kier molecular flexibility index (Phi) is 9.90. The first-order valence-electron chi connectivity index (χ1n) is 13.5. The van der Waals surface area contributed by atoms with E-state index < -0.39 is 46.9 Å². The summed E-state index contributed by atoms with van der Waals surface area (Å²) in [6, 6.07) is 0. The summed E-state index contributed by atoms with van der Waals surface area (Å²) in [5.41, 5.74) is -6.85. The molecule has 2 rings (SSSR count). The summed E-state index contributed by atoms with van der Waals surface area (Å²) in [5.74, 6) is -4.71. The van der Waals surface area contributed by atoms with Crippen molar-refractivity contribution in [2.45, 2.75) is 117 Å². The summed E-state index contributed by atoms with van der Waals surface area (Å²) < 4.78 is 11.3. The molecule has 0 aromatic heterocycles. The Morgan fingerprint density at radius 2 is 0.972 bits per heavy atom. The number of ketones is 2. The number of hydrogen-bond acceptors (Lipinski definition) is 8. The minimum absolute atomic E-state index is 0.0192. The fourth-order valence-electron chi connectivity index (χ4n) is 6.04. The van der Waals surface area contributed by atoms with E-state index in [2.05, 4.69) is 0 Å². The van der Waals surface area contributed by atoms with Crippen molar-refractivity contribution in [2.75, 3.05) is 0 Å². The van der Waals surface area contributed by atoms with Crippen LogP contribution in [0.1, 0.15) is 93.9 Å². The van der Waals surface area contributed by atoms with Crippen molar-refractivity contribution in [2.24, 2.45) is 35.5 Å². The Bertz CT molecular complexity index is 767. The van der Waals surface area contributed by atoms with Crippen molar-refractivity contribution >= 4 is 23.5 Å². The minimum atomic E-state index is -3.42. The van der Waals surface area contributed by atoms with E-state index in [1.54, 1.807) is 0 Å². The van der Waals surface area contributed by atoms with E-state index in [1.165, 1.54) is 0 Å². The van der Waals surface area contributed by atoms with Gasteiger partial charge in [0.1, 0.15) is 12.2 Å². The number of Topliss-reactive ketones (excluding diaryl/α,β-unsaturated/α-hetero) is 2. The van der Waals surface area contributed by atoms with Crippen LogP contribution >= 0.6 is 0 Å². The maximum absolute atomic E-state index is 13.4. The minimum Gasteiger partial charge on any atom is -0.459 e. The molecule has 8 heteroatoms. The van der Waals surface area contributed by atoms with Crippen LogP contribution in [0.5, 0.6) is 0 Å². The molecule has 2 aliphatic carbocycles. The molecule has 8 unspecified atom stereocenters. The average Bonchev–Trinajstić information content (AvgIpc) is 2.77. The molecule has 0 aromatic rings. The number of aliphatic hydroxyl groups is 2. The lowest BCUT2D eigenvalue weighted by atomic mass is 9.74. The second-order valence-electron chi connectivity index (χ2n) is 12.1. The SMILES string of the molecule is CC(=O)C(O)(C(=O)OC1CC(C)CCC1C(C)C)C(O)(C(C)=O)C(=O)OC1CC(C)CCC1C(C)C.